The van der Waals surface area contributed by atoms with Crippen LogP contribution in [0.4, 0.5) is 0 Å². The van der Waals surface area contributed by atoms with Crippen molar-refractivity contribution >= 4 is 40.3 Å². The highest BCUT2D eigenvalue weighted by atomic mass is 28.4. The van der Waals surface area contributed by atoms with Crippen LogP contribution in [0.3, 0.4) is 0 Å². The van der Waals surface area contributed by atoms with Gasteiger partial charge in [0.1, 0.15) is 0 Å². The summed E-state index contributed by atoms with van der Waals surface area (Å²) in [4.78, 5) is 50.2. The van der Waals surface area contributed by atoms with E-state index in [0.29, 0.717) is 11.5 Å². The summed E-state index contributed by atoms with van der Waals surface area (Å²) in [5, 5.41) is -0.329. The molecule has 12 atom stereocenters. The molecule has 9 heteroatoms. The molecule has 6 fully saturated rings. The number of carbonyl (C=O) groups is 4. The van der Waals surface area contributed by atoms with Gasteiger partial charge in [0.05, 0.1) is 31.7 Å². The third-order valence-corrected chi connectivity index (χ3v) is 24.2. The number of rotatable bonds is 8. The number of cyclic esters (lactones) is 4. The Bertz CT molecular complexity index is 1130. The van der Waals surface area contributed by atoms with Crippen molar-refractivity contribution in [2.45, 2.75) is 108 Å². The van der Waals surface area contributed by atoms with E-state index < -0.39 is 16.4 Å². The minimum atomic E-state index is -2.38. The van der Waals surface area contributed by atoms with Crippen molar-refractivity contribution in [1.82, 2.24) is 0 Å². The maximum atomic E-state index is 12.7. The van der Waals surface area contributed by atoms with Gasteiger partial charge in [0.15, 0.2) is 8.32 Å². The molecule has 7 nitrogen and oxygen atoms in total. The van der Waals surface area contributed by atoms with Crippen LogP contribution < -0.4 is 0 Å². The van der Waals surface area contributed by atoms with E-state index in [0.717, 1.165) is 38.5 Å². The van der Waals surface area contributed by atoms with Gasteiger partial charge in [-0.25, -0.2) is 0 Å². The fourth-order valence-corrected chi connectivity index (χ4v) is 20.3. The minimum Gasteiger partial charge on any atom is -0.414 e. The van der Waals surface area contributed by atoms with Gasteiger partial charge in [-0.1, -0.05) is 40.3 Å². The molecule has 216 valence electrons. The quantitative estimate of drug-likeness (QED) is 0.215. The lowest BCUT2D eigenvalue weighted by Crippen LogP contribution is -2.64. The Morgan fingerprint density at radius 1 is 0.718 bits per heavy atom. The van der Waals surface area contributed by atoms with E-state index in [2.05, 4.69) is 53.9 Å². The third kappa shape index (κ3) is 3.47. The normalized spacial score (nSPS) is 43.8. The maximum absolute atomic E-state index is 12.7. The van der Waals surface area contributed by atoms with Gasteiger partial charge >= 0.3 is 23.9 Å². The lowest BCUT2D eigenvalue weighted by molar-refractivity contribution is -0.156. The van der Waals surface area contributed by atoms with Crippen LogP contribution in [-0.4, -0.2) is 45.5 Å². The van der Waals surface area contributed by atoms with Crippen LogP contribution in [-0.2, 0) is 33.1 Å². The predicted octanol–water partition coefficient (Wildman–Crippen LogP) is 5.49. The average Bonchev–Trinajstić information content (AvgIpc) is 3.69. The first-order valence-electron chi connectivity index (χ1n) is 15.3. The molecule has 2 aliphatic heterocycles. The molecule has 2 heterocycles. The molecule has 0 aromatic rings. The van der Waals surface area contributed by atoms with Gasteiger partial charge in [-0.05, 0) is 92.3 Å². The molecule has 0 spiro atoms. The van der Waals surface area contributed by atoms with Crippen molar-refractivity contribution in [2.24, 2.45) is 53.3 Å². The third-order valence-electron chi connectivity index (χ3n) is 13.9. The molecular formula is C30H46O7Si2. The van der Waals surface area contributed by atoms with Gasteiger partial charge in [-0.3, -0.25) is 19.2 Å². The Labute approximate surface area is 234 Å². The molecule has 6 rings (SSSR count). The highest BCUT2D eigenvalue weighted by Crippen LogP contribution is 2.68. The summed E-state index contributed by atoms with van der Waals surface area (Å²) in [6, 6.07) is 0. The Morgan fingerprint density at radius 3 is 1.74 bits per heavy atom. The standard InChI is InChI=1S/C30H46O7Si2/c1-9-29(3,19-13-15-11-17(19)23-21(15)25(31)35-27(23)33)39(7,8)37-30(4,10-2)38(5,6)20-14-16-12-18(20)24-22(16)26(32)36-28(24)34/h15-24H,9-14H2,1-8H3/t15?,16?,17?,18?,19?,20?,21?,22?,23?,24?,29-,30-/m1/s1. The van der Waals surface area contributed by atoms with Crippen molar-refractivity contribution in [2.75, 3.05) is 0 Å². The molecule has 6 aliphatic rings. The monoisotopic (exact) mass is 574 g/mol. The van der Waals surface area contributed by atoms with E-state index in [9.17, 15) is 19.2 Å². The number of carbonyl (C=O) groups excluding carboxylic acids is 4. The van der Waals surface area contributed by atoms with Crippen LogP contribution in [0.2, 0.25) is 36.8 Å². The van der Waals surface area contributed by atoms with E-state index >= 15 is 0 Å². The first-order chi connectivity index (χ1) is 18.1. The Morgan fingerprint density at radius 2 is 1.21 bits per heavy atom. The van der Waals surface area contributed by atoms with E-state index in [-0.39, 0.29) is 81.5 Å². The second-order valence-electron chi connectivity index (χ2n) is 15.3. The van der Waals surface area contributed by atoms with Crippen molar-refractivity contribution < 1.29 is 33.1 Å². The predicted molar refractivity (Wildman–Crippen MR) is 149 cm³/mol. The lowest BCUT2D eigenvalue weighted by atomic mass is 9.70. The van der Waals surface area contributed by atoms with E-state index in [1.54, 1.807) is 0 Å². The van der Waals surface area contributed by atoms with E-state index in [1.165, 1.54) is 0 Å². The average molecular weight is 575 g/mol. The lowest BCUT2D eigenvalue weighted by Gasteiger charge is -2.57. The van der Waals surface area contributed by atoms with Crippen LogP contribution in [0.15, 0.2) is 0 Å². The molecule has 0 N–H and O–H groups in total. The molecule has 0 aromatic carbocycles. The van der Waals surface area contributed by atoms with Crippen LogP contribution >= 0.6 is 0 Å². The summed E-state index contributed by atoms with van der Waals surface area (Å²) in [5.41, 5.74) is 0.423. The summed E-state index contributed by atoms with van der Waals surface area (Å²) in [7, 11) is -4.49. The zero-order valence-corrected chi connectivity index (χ0v) is 26.9. The summed E-state index contributed by atoms with van der Waals surface area (Å²) in [5.74, 6) is -0.864. The highest BCUT2D eigenvalue weighted by molar-refractivity contribution is 6.83. The summed E-state index contributed by atoms with van der Waals surface area (Å²) < 4.78 is 17.8. The molecule has 0 amide bonds. The largest absolute Gasteiger partial charge is 0.414 e. The Kier molecular flexibility index (Phi) is 6.13. The van der Waals surface area contributed by atoms with Crippen molar-refractivity contribution in [3.05, 3.63) is 0 Å². The second-order valence-corrected chi connectivity index (χ2v) is 24.9. The summed E-state index contributed by atoms with van der Waals surface area (Å²) in [6.45, 7) is 18.9. The van der Waals surface area contributed by atoms with Gasteiger partial charge < -0.3 is 13.9 Å². The molecule has 39 heavy (non-hydrogen) atoms. The highest BCUT2D eigenvalue weighted by Gasteiger charge is 2.70. The Balaban J connectivity index is 1.27. The molecule has 4 saturated carbocycles. The minimum absolute atomic E-state index is 0.0499. The van der Waals surface area contributed by atoms with Crippen molar-refractivity contribution in [3.8, 4) is 0 Å². The van der Waals surface area contributed by atoms with Gasteiger partial charge in [0.2, 0.25) is 0 Å². The topological polar surface area (TPSA) is 96.0 Å². The molecule has 4 bridgehead atoms. The van der Waals surface area contributed by atoms with E-state index in [4.69, 9.17) is 13.9 Å². The number of esters is 4. The molecule has 0 aromatic heterocycles. The van der Waals surface area contributed by atoms with Crippen molar-refractivity contribution in [3.63, 3.8) is 0 Å². The molecule has 0 radical (unpaired) electrons. The SMILES string of the molecule is CC[C@](C)(C1CC2CC1C1C(=O)OC(=O)C21)[Si](C)(C)O[C@@](C)(CC)[Si](C)(C)C1CC2CC1C1C(=O)OC(=O)C21. The number of fused-ring (bicyclic) bond motifs is 10. The van der Waals surface area contributed by atoms with Gasteiger partial charge in [-0.15, -0.1) is 0 Å². The molecule has 2 saturated heterocycles. The number of ether oxygens (including phenoxy) is 2. The summed E-state index contributed by atoms with van der Waals surface area (Å²) in [6.07, 6.45) is 5.80. The first-order valence-corrected chi connectivity index (χ1v) is 21.3. The molecule has 10 unspecified atom stereocenters. The van der Waals surface area contributed by atoms with Crippen LogP contribution in [0, 0.1) is 53.3 Å². The molecule has 4 aliphatic carbocycles. The first kappa shape index (κ1) is 27.8. The van der Waals surface area contributed by atoms with Gasteiger partial charge in [0.25, 0.3) is 0 Å². The number of hydrogen-bond donors (Lipinski definition) is 0. The van der Waals surface area contributed by atoms with Gasteiger partial charge in [0, 0.05) is 5.22 Å². The second kappa shape index (κ2) is 8.60. The van der Waals surface area contributed by atoms with E-state index in [1.807, 2.05) is 0 Å². The summed E-state index contributed by atoms with van der Waals surface area (Å²) >= 11 is 0. The zero-order valence-electron chi connectivity index (χ0n) is 24.9. The van der Waals surface area contributed by atoms with Crippen LogP contribution in [0.25, 0.3) is 0 Å². The Hall–Kier alpha value is -1.33. The van der Waals surface area contributed by atoms with Crippen molar-refractivity contribution in [1.29, 1.82) is 0 Å². The number of hydrogen-bond acceptors (Lipinski definition) is 7. The molecular weight excluding hydrogens is 528 g/mol. The van der Waals surface area contributed by atoms with Crippen LogP contribution in [0.1, 0.15) is 66.2 Å². The maximum Gasteiger partial charge on any atom is 0.317 e. The fourth-order valence-electron chi connectivity index (χ4n) is 10.9. The fraction of sp³-hybridized carbons (Fsp3) is 0.867. The van der Waals surface area contributed by atoms with Crippen LogP contribution in [0.5, 0.6) is 0 Å². The van der Waals surface area contributed by atoms with Gasteiger partial charge in [-0.2, -0.15) is 0 Å². The zero-order chi connectivity index (χ0) is 28.4. The smallest absolute Gasteiger partial charge is 0.317 e.